The predicted molar refractivity (Wildman–Crippen MR) is 95.5 cm³/mol. The fraction of sp³-hybridized carbons (Fsp3) is 0.278. The second kappa shape index (κ2) is 7.15. The lowest BCUT2D eigenvalue weighted by Crippen LogP contribution is -2.35. The highest BCUT2D eigenvalue weighted by Crippen LogP contribution is 2.18. The second-order valence-corrected chi connectivity index (χ2v) is 7.92. The number of aryl methyl sites for hydroxylation is 3. The molecule has 0 aliphatic rings. The molecule has 0 saturated heterocycles. The minimum Gasteiger partial charge on any atom is -0.325 e. The van der Waals surface area contributed by atoms with E-state index in [0.29, 0.717) is 5.69 Å². The van der Waals surface area contributed by atoms with Crippen molar-refractivity contribution in [3.05, 3.63) is 59.2 Å². The van der Waals surface area contributed by atoms with Crippen LogP contribution in [0.5, 0.6) is 0 Å². The average Bonchev–Trinajstić information content (AvgIpc) is 2.52. The number of benzene rings is 2. The fourth-order valence-corrected chi connectivity index (χ4v) is 3.46. The molecule has 0 heterocycles. The van der Waals surface area contributed by atoms with Crippen LogP contribution in [0.25, 0.3) is 0 Å². The van der Waals surface area contributed by atoms with Crippen molar-refractivity contribution in [1.82, 2.24) is 4.31 Å². The van der Waals surface area contributed by atoms with Gasteiger partial charge in [-0.2, -0.15) is 4.31 Å². The number of sulfonamides is 1. The van der Waals surface area contributed by atoms with Crippen molar-refractivity contribution < 1.29 is 13.2 Å². The summed E-state index contributed by atoms with van der Waals surface area (Å²) >= 11 is 0. The van der Waals surface area contributed by atoms with E-state index >= 15 is 0 Å². The Morgan fingerprint density at radius 1 is 1.00 bits per heavy atom. The molecule has 24 heavy (non-hydrogen) atoms. The number of carbonyl (C=O) groups excluding carboxylic acids is 1. The monoisotopic (exact) mass is 346 g/mol. The van der Waals surface area contributed by atoms with Gasteiger partial charge in [0.2, 0.25) is 15.9 Å². The largest absolute Gasteiger partial charge is 0.325 e. The lowest BCUT2D eigenvalue weighted by molar-refractivity contribution is -0.116. The third kappa shape index (κ3) is 4.01. The second-order valence-electron chi connectivity index (χ2n) is 5.87. The van der Waals surface area contributed by atoms with E-state index in [1.807, 2.05) is 39.0 Å². The summed E-state index contributed by atoms with van der Waals surface area (Å²) in [7, 11) is -2.30. The topological polar surface area (TPSA) is 66.5 Å². The molecule has 0 saturated carbocycles. The Morgan fingerprint density at radius 3 is 2.29 bits per heavy atom. The molecule has 0 aliphatic carbocycles. The standard InChI is InChI=1S/C18H22N2O3S/c1-13-9-10-16(11-15(13)3)24(22,23)20(4)12-18(21)19-17-8-6-5-7-14(17)2/h5-11H,12H2,1-4H3,(H,19,21). The number of nitrogens with one attached hydrogen (secondary N) is 1. The number of para-hydroxylation sites is 1. The van der Waals surface area contributed by atoms with Crippen LogP contribution >= 0.6 is 0 Å². The number of carbonyl (C=O) groups is 1. The van der Waals surface area contributed by atoms with Gasteiger partial charge in [-0.05, 0) is 55.7 Å². The Balaban J connectivity index is 2.13. The van der Waals surface area contributed by atoms with Crippen molar-refractivity contribution in [3.8, 4) is 0 Å². The smallest absolute Gasteiger partial charge is 0.243 e. The van der Waals surface area contributed by atoms with E-state index < -0.39 is 10.0 Å². The molecule has 128 valence electrons. The Morgan fingerprint density at radius 2 is 1.67 bits per heavy atom. The maximum atomic E-state index is 12.6. The molecule has 0 radical (unpaired) electrons. The van der Waals surface area contributed by atoms with Crippen LogP contribution in [-0.2, 0) is 14.8 Å². The zero-order valence-electron chi connectivity index (χ0n) is 14.3. The quantitative estimate of drug-likeness (QED) is 0.905. The Kier molecular flexibility index (Phi) is 5.41. The first-order chi connectivity index (χ1) is 11.2. The molecule has 0 spiro atoms. The Bertz CT molecular complexity index is 860. The summed E-state index contributed by atoms with van der Waals surface area (Å²) in [6.07, 6.45) is 0. The molecule has 5 nitrogen and oxygen atoms in total. The molecular weight excluding hydrogens is 324 g/mol. The highest BCUT2D eigenvalue weighted by molar-refractivity contribution is 7.89. The summed E-state index contributed by atoms with van der Waals surface area (Å²) in [6.45, 7) is 5.42. The van der Waals surface area contributed by atoms with E-state index in [2.05, 4.69) is 5.32 Å². The van der Waals surface area contributed by atoms with Gasteiger partial charge >= 0.3 is 0 Å². The summed E-state index contributed by atoms with van der Waals surface area (Å²) < 4.78 is 26.3. The van der Waals surface area contributed by atoms with Crippen LogP contribution in [0.15, 0.2) is 47.4 Å². The van der Waals surface area contributed by atoms with Crippen molar-refractivity contribution in [3.63, 3.8) is 0 Å². The maximum absolute atomic E-state index is 12.6. The van der Waals surface area contributed by atoms with Crippen molar-refractivity contribution >= 4 is 21.6 Å². The Labute approximate surface area is 143 Å². The Hall–Kier alpha value is -2.18. The number of rotatable bonds is 5. The normalized spacial score (nSPS) is 11.5. The van der Waals surface area contributed by atoms with Gasteiger partial charge in [-0.25, -0.2) is 8.42 Å². The number of amides is 1. The van der Waals surface area contributed by atoms with E-state index in [1.54, 1.807) is 24.3 Å². The lowest BCUT2D eigenvalue weighted by Gasteiger charge is -2.18. The molecule has 2 aromatic carbocycles. The molecule has 0 aromatic heterocycles. The van der Waals surface area contributed by atoms with Crippen molar-refractivity contribution in [2.45, 2.75) is 25.7 Å². The van der Waals surface area contributed by atoms with Crippen molar-refractivity contribution in [1.29, 1.82) is 0 Å². The molecule has 2 rings (SSSR count). The van der Waals surface area contributed by atoms with Crippen LogP contribution in [0.1, 0.15) is 16.7 Å². The molecule has 0 unspecified atom stereocenters. The summed E-state index contributed by atoms with van der Waals surface area (Å²) in [6, 6.07) is 12.3. The van der Waals surface area contributed by atoms with Crippen LogP contribution < -0.4 is 5.32 Å². The molecule has 2 aromatic rings. The molecule has 0 aliphatic heterocycles. The molecular formula is C18H22N2O3S. The number of nitrogens with zero attached hydrogens (tertiary/aromatic N) is 1. The first-order valence-electron chi connectivity index (χ1n) is 7.61. The molecule has 0 atom stereocenters. The first-order valence-corrected chi connectivity index (χ1v) is 9.05. The van der Waals surface area contributed by atoms with Crippen LogP contribution in [0.2, 0.25) is 0 Å². The first kappa shape index (κ1) is 18.2. The van der Waals surface area contributed by atoms with Gasteiger partial charge in [0, 0.05) is 12.7 Å². The van der Waals surface area contributed by atoms with Gasteiger partial charge in [-0.3, -0.25) is 4.79 Å². The van der Waals surface area contributed by atoms with Crippen molar-refractivity contribution in [2.75, 3.05) is 18.9 Å². The lowest BCUT2D eigenvalue weighted by atomic mass is 10.1. The third-order valence-corrected chi connectivity index (χ3v) is 5.77. The van der Waals surface area contributed by atoms with Crippen molar-refractivity contribution in [2.24, 2.45) is 0 Å². The molecule has 0 fully saturated rings. The summed E-state index contributed by atoms with van der Waals surface area (Å²) in [5, 5.41) is 2.74. The molecule has 1 N–H and O–H groups in total. The predicted octanol–water partition coefficient (Wildman–Crippen LogP) is 2.87. The molecule has 0 bridgehead atoms. The fourth-order valence-electron chi connectivity index (χ4n) is 2.24. The van der Waals surface area contributed by atoms with Crippen LogP contribution in [0.4, 0.5) is 5.69 Å². The maximum Gasteiger partial charge on any atom is 0.243 e. The van der Waals surface area contributed by atoms with Gasteiger partial charge < -0.3 is 5.32 Å². The van der Waals surface area contributed by atoms with E-state index in [4.69, 9.17) is 0 Å². The summed E-state index contributed by atoms with van der Waals surface area (Å²) in [5.74, 6) is -0.376. The zero-order valence-corrected chi connectivity index (χ0v) is 15.1. The number of anilines is 1. The zero-order chi connectivity index (χ0) is 17.9. The van der Waals surface area contributed by atoms with Gasteiger partial charge in [0.25, 0.3) is 0 Å². The van der Waals surface area contributed by atoms with Crippen LogP contribution in [0.3, 0.4) is 0 Å². The molecule has 1 amide bonds. The van der Waals surface area contributed by atoms with Gasteiger partial charge in [0.15, 0.2) is 0 Å². The SMILES string of the molecule is Cc1ccc(S(=O)(=O)N(C)CC(=O)Nc2ccccc2C)cc1C. The van der Waals surface area contributed by atoms with Crippen LogP contribution in [-0.4, -0.2) is 32.2 Å². The van der Waals surface area contributed by atoms with Gasteiger partial charge in [-0.1, -0.05) is 24.3 Å². The third-order valence-electron chi connectivity index (χ3n) is 3.97. The number of likely N-dealkylation sites (N-methyl/N-ethyl adjacent to an activating group) is 1. The van der Waals surface area contributed by atoms with Gasteiger partial charge in [0.05, 0.1) is 11.4 Å². The highest BCUT2D eigenvalue weighted by Gasteiger charge is 2.23. The van der Waals surface area contributed by atoms with Crippen LogP contribution in [0, 0.1) is 20.8 Å². The van der Waals surface area contributed by atoms with E-state index in [1.165, 1.54) is 7.05 Å². The van der Waals surface area contributed by atoms with E-state index in [0.717, 1.165) is 21.0 Å². The van der Waals surface area contributed by atoms with Gasteiger partial charge in [0.1, 0.15) is 0 Å². The minimum atomic E-state index is -3.70. The number of hydrogen-bond acceptors (Lipinski definition) is 3. The van der Waals surface area contributed by atoms with E-state index in [-0.39, 0.29) is 17.3 Å². The molecule has 6 heteroatoms. The summed E-state index contributed by atoms with van der Waals surface area (Å²) in [5.41, 5.74) is 3.52. The average molecular weight is 346 g/mol. The van der Waals surface area contributed by atoms with Gasteiger partial charge in [-0.15, -0.1) is 0 Å². The highest BCUT2D eigenvalue weighted by atomic mass is 32.2. The van der Waals surface area contributed by atoms with E-state index in [9.17, 15) is 13.2 Å². The number of hydrogen-bond donors (Lipinski definition) is 1. The minimum absolute atomic E-state index is 0.191. The summed E-state index contributed by atoms with van der Waals surface area (Å²) in [4.78, 5) is 12.3.